The van der Waals surface area contributed by atoms with Gasteiger partial charge in [0.1, 0.15) is 0 Å². The lowest BCUT2D eigenvalue weighted by Gasteiger charge is -2.26. The Hall–Kier alpha value is -1.09. The van der Waals surface area contributed by atoms with Crippen LogP contribution in [0.25, 0.3) is 0 Å². The smallest absolute Gasteiger partial charge is 0.0562 e. The van der Waals surface area contributed by atoms with E-state index in [9.17, 15) is 0 Å². The number of anilines is 1. The van der Waals surface area contributed by atoms with Gasteiger partial charge in [0.25, 0.3) is 0 Å². The van der Waals surface area contributed by atoms with E-state index in [0.29, 0.717) is 5.92 Å². The lowest BCUT2D eigenvalue weighted by molar-refractivity contribution is 0.548. The third-order valence-corrected chi connectivity index (χ3v) is 3.84. The molecule has 1 aromatic rings. The molecule has 0 spiro atoms. The minimum Gasteiger partial charge on any atom is -0.368 e. The first-order valence-corrected chi connectivity index (χ1v) is 7.63. The Morgan fingerprint density at radius 2 is 2.32 bits per heavy atom. The molecule has 1 unspecified atom stereocenters. The van der Waals surface area contributed by atoms with Crippen molar-refractivity contribution in [3.63, 3.8) is 0 Å². The van der Waals surface area contributed by atoms with Crippen molar-refractivity contribution in [3.05, 3.63) is 24.0 Å². The molecule has 0 radical (unpaired) electrons. The third kappa shape index (κ3) is 3.93. The van der Waals surface area contributed by atoms with Crippen molar-refractivity contribution in [2.24, 2.45) is 5.92 Å². The molecule has 106 valence electrons. The standard InChI is InChI=1S/C16H27N3/c1-4-15-6-5-9-19(15)16-7-8-18-14(10-16)12-17-11-13(2)3/h7-8,10,13,15,17H,4-6,9,11-12H2,1-3H3. The summed E-state index contributed by atoms with van der Waals surface area (Å²) < 4.78 is 0. The van der Waals surface area contributed by atoms with Crippen LogP contribution in [-0.4, -0.2) is 24.1 Å². The fourth-order valence-electron chi connectivity index (χ4n) is 2.83. The van der Waals surface area contributed by atoms with Crippen LogP contribution in [0.2, 0.25) is 0 Å². The average molecular weight is 261 g/mol. The Labute approximate surface area is 117 Å². The topological polar surface area (TPSA) is 28.2 Å². The van der Waals surface area contributed by atoms with E-state index in [2.05, 4.69) is 48.1 Å². The van der Waals surface area contributed by atoms with Gasteiger partial charge in [-0.05, 0) is 43.9 Å². The number of nitrogens with one attached hydrogen (secondary N) is 1. The quantitative estimate of drug-likeness (QED) is 0.852. The van der Waals surface area contributed by atoms with E-state index < -0.39 is 0 Å². The van der Waals surface area contributed by atoms with E-state index in [1.165, 1.54) is 31.5 Å². The number of pyridine rings is 1. The molecule has 1 aliphatic heterocycles. The first kappa shape index (κ1) is 14.3. The highest BCUT2D eigenvalue weighted by Gasteiger charge is 2.23. The Kier molecular flexibility index (Phi) is 5.20. The van der Waals surface area contributed by atoms with Crippen LogP contribution in [0, 0.1) is 5.92 Å². The molecule has 3 heteroatoms. The van der Waals surface area contributed by atoms with Gasteiger partial charge in [-0.15, -0.1) is 0 Å². The molecule has 0 bridgehead atoms. The zero-order valence-electron chi connectivity index (χ0n) is 12.5. The molecule has 2 heterocycles. The Balaban J connectivity index is 1.98. The number of aromatic nitrogens is 1. The van der Waals surface area contributed by atoms with E-state index in [4.69, 9.17) is 0 Å². The molecule has 0 saturated carbocycles. The second kappa shape index (κ2) is 6.90. The second-order valence-corrected chi connectivity index (χ2v) is 5.93. The Morgan fingerprint density at radius 3 is 3.05 bits per heavy atom. The second-order valence-electron chi connectivity index (χ2n) is 5.93. The summed E-state index contributed by atoms with van der Waals surface area (Å²) in [6.45, 7) is 9.86. The average Bonchev–Trinajstić information content (AvgIpc) is 2.87. The zero-order valence-corrected chi connectivity index (χ0v) is 12.5. The molecule has 2 rings (SSSR count). The van der Waals surface area contributed by atoms with E-state index in [0.717, 1.165) is 24.8 Å². The first-order valence-electron chi connectivity index (χ1n) is 7.63. The summed E-state index contributed by atoms with van der Waals surface area (Å²) in [4.78, 5) is 7.02. The zero-order chi connectivity index (χ0) is 13.7. The predicted molar refractivity (Wildman–Crippen MR) is 81.4 cm³/mol. The molecule has 1 aliphatic rings. The fourth-order valence-corrected chi connectivity index (χ4v) is 2.83. The summed E-state index contributed by atoms with van der Waals surface area (Å²) >= 11 is 0. The lowest BCUT2D eigenvalue weighted by atomic mass is 10.1. The van der Waals surface area contributed by atoms with Gasteiger partial charge in [0.2, 0.25) is 0 Å². The van der Waals surface area contributed by atoms with Gasteiger partial charge in [0, 0.05) is 31.0 Å². The van der Waals surface area contributed by atoms with Crippen LogP contribution in [0.3, 0.4) is 0 Å². The largest absolute Gasteiger partial charge is 0.368 e. The predicted octanol–water partition coefficient (Wildman–Crippen LogP) is 3.21. The van der Waals surface area contributed by atoms with Crippen molar-refractivity contribution >= 4 is 5.69 Å². The van der Waals surface area contributed by atoms with Crippen LogP contribution < -0.4 is 10.2 Å². The molecule has 0 amide bonds. The number of rotatable bonds is 6. The van der Waals surface area contributed by atoms with Gasteiger partial charge in [-0.2, -0.15) is 0 Å². The van der Waals surface area contributed by atoms with E-state index in [1.54, 1.807) is 0 Å². The SMILES string of the molecule is CCC1CCCN1c1ccnc(CNCC(C)C)c1. The first-order chi connectivity index (χ1) is 9.20. The molecular weight excluding hydrogens is 234 g/mol. The van der Waals surface area contributed by atoms with Gasteiger partial charge >= 0.3 is 0 Å². The van der Waals surface area contributed by atoms with Gasteiger partial charge in [-0.3, -0.25) is 4.98 Å². The maximum Gasteiger partial charge on any atom is 0.0562 e. The Morgan fingerprint density at radius 1 is 1.47 bits per heavy atom. The summed E-state index contributed by atoms with van der Waals surface area (Å²) in [5.41, 5.74) is 2.50. The minimum absolute atomic E-state index is 0.686. The maximum absolute atomic E-state index is 4.47. The number of nitrogens with zero attached hydrogens (tertiary/aromatic N) is 2. The molecule has 1 saturated heterocycles. The summed E-state index contributed by atoms with van der Waals surface area (Å²) in [6, 6.07) is 5.13. The van der Waals surface area contributed by atoms with Crippen LogP contribution >= 0.6 is 0 Å². The summed E-state index contributed by atoms with van der Waals surface area (Å²) in [5, 5.41) is 3.46. The molecular formula is C16H27N3. The van der Waals surface area contributed by atoms with Crippen molar-refractivity contribution in [3.8, 4) is 0 Å². The summed E-state index contributed by atoms with van der Waals surface area (Å²) in [7, 11) is 0. The molecule has 0 aliphatic carbocycles. The van der Waals surface area contributed by atoms with Gasteiger partial charge in [-0.1, -0.05) is 20.8 Å². The van der Waals surface area contributed by atoms with E-state index in [-0.39, 0.29) is 0 Å². The van der Waals surface area contributed by atoms with Crippen LogP contribution in [0.15, 0.2) is 18.3 Å². The highest BCUT2D eigenvalue weighted by Crippen LogP contribution is 2.27. The van der Waals surface area contributed by atoms with Crippen molar-refractivity contribution in [2.75, 3.05) is 18.0 Å². The highest BCUT2D eigenvalue weighted by atomic mass is 15.2. The van der Waals surface area contributed by atoms with Crippen molar-refractivity contribution in [1.82, 2.24) is 10.3 Å². The third-order valence-electron chi connectivity index (χ3n) is 3.84. The van der Waals surface area contributed by atoms with Gasteiger partial charge < -0.3 is 10.2 Å². The molecule has 3 nitrogen and oxygen atoms in total. The van der Waals surface area contributed by atoms with Crippen molar-refractivity contribution in [2.45, 2.75) is 52.6 Å². The summed E-state index contributed by atoms with van der Waals surface area (Å²) in [6.07, 6.45) is 5.84. The summed E-state index contributed by atoms with van der Waals surface area (Å²) in [5.74, 6) is 0.686. The van der Waals surface area contributed by atoms with Crippen LogP contribution in [0.5, 0.6) is 0 Å². The molecule has 1 N–H and O–H groups in total. The monoisotopic (exact) mass is 261 g/mol. The number of hydrogen-bond acceptors (Lipinski definition) is 3. The fraction of sp³-hybridized carbons (Fsp3) is 0.688. The highest BCUT2D eigenvalue weighted by molar-refractivity contribution is 5.48. The van der Waals surface area contributed by atoms with Crippen molar-refractivity contribution < 1.29 is 0 Å². The van der Waals surface area contributed by atoms with Crippen molar-refractivity contribution in [1.29, 1.82) is 0 Å². The van der Waals surface area contributed by atoms with Crippen LogP contribution in [-0.2, 0) is 6.54 Å². The van der Waals surface area contributed by atoms with Gasteiger partial charge in [0.05, 0.1) is 5.69 Å². The lowest BCUT2D eigenvalue weighted by Crippen LogP contribution is -2.28. The molecule has 1 atom stereocenters. The van der Waals surface area contributed by atoms with E-state index >= 15 is 0 Å². The van der Waals surface area contributed by atoms with Crippen LogP contribution in [0.4, 0.5) is 5.69 Å². The number of hydrogen-bond donors (Lipinski definition) is 1. The normalized spacial score (nSPS) is 19.4. The van der Waals surface area contributed by atoms with E-state index in [1.807, 2.05) is 6.20 Å². The molecule has 19 heavy (non-hydrogen) atoms. The molecule has 1 fully saturated rings. The van der Waals surface area contributed by atoms with Gasteiger partial charge in [-0.25, -0.2) is 0 Å². The maximum atomic E-state index is 4.47. The van der Waals surface area contributed by atoms with Gasteiger partial charge in [0.15, 0.2) is 0 Å². The van der Waals surface area contributed by atoms with Crippen LogP contribution in [0.1, 0.15) is 45.7 Å². The minimum atomic E-state index is 0.686. The molecule has 0 aromatic carbocycles. The molecule has 1 aromatic heterocycles. The Bertz CT molecular complexity index is 389.